The minimum Gasteiger partial charge on any atom is -0.496 e. The fourth-order valence-corrected chi connectivity index (χ4v) is 2.36. The summed E-state index contributed by atoms with van der Waals surface area (Å²) in [7, 11) is 1.66. The third kappa shape index (κ3) is 3.90. The second-order valence-corrected chi connectivity index (χ2v) is 5.51. The molecule has 3 nitrogen and oxygen atoms in total. The average molecular weight is 306 g/mol. The minimum atomic E-state index is -0.141. The van der Waals surface area contributed by atoms with Crippen LogP contribution in [-0.4, -0.2) is 7.11 Å². The molecule has 0 aliphatic carbocycles. The first-order chi connectivity index (χ1) is 10.0. The second-order valence-electron chi connectivity index (χ2n) is 5.07. The summed E-state index contributed by atoms with van der Waals surface area (Å²) >= 11 is 6.02. The topological polar surface area (TPSA) is 44.5 Å². The molecular weight excluding hydrogens is 286 g/mol. The predicted molar refractivity (Wildman–Crippen MR) is 86.1 cm³/mol. The van der Waals surface area contributed by atoms with Crippen LogP contribution >= 0.6 is 11.6 Å². The Kier molecular flexibility index (Phi) is 5.10. The van der Waals surface area contributed by atoms with Crippen molar-refractivity contribution in [2.24, 2.45) is 5.73 Å². The van der Waals surface area contributed by atoms with E-state index in [9.17, 15) is 0 Å². The summed E-state index contributed by atoms with van der Waals surface area (Å²) < 4.78 is 11.3. The molecule has 2 aromatic carbocycles. The van der Waals surface area contributed by atoms with Crippen LogP contribution in [0, 0.1) is 6.92 Å². The third-order valence-electron chi connectivity index (χ3n) is 3.28. The lowest BCUT2D eigenvalue weighted by Crippen LogP contribution is -2.08. The van der Waals surface area contributed by atoms with E-state index in [1.54, 1.807) is 13.2 Å². The molecule has 2 aromatic rings. The Labute approximate surface area is 130 Å². The maximum Gasteiger partial charge on any atom is 0.125 e. The molecule has 1 atom stereocenters. The van der Waals surface area contributed by atoms with Crippen LogP contribution in [0.3, 0.4) is 0 Å². The molecule has 0 amide bonds. The van der Waals surface area contributed by atoms with Crippen molar-refractivity contribution in [2.75, 3.05) is 7.11 Å². The standard InChI is InChI=1S/C17H20ClNO2/c1-11-4-6-16(20-3)13(8-11)10-21-17-7-5-14(18)9-15(17)12(2)19/h4-9,12H,10,19H2,1-3H3/t12-/m1/s1. The van der Waals surface area contributed by atoms with E-state index >= 15 is 0 Å². The van der Waals surface area contributed by atoms with Crippen molar-refractivity contribution >= 4 is 11.6 Å². The minimum absolute atomic E-state index is 0.141. The van der Waals surface area contributed by atoms with E-state index in [1.807, 2.05) is 38.1 Å². The van der Waals surface area contributed by atoms with Crippen LogP contribution in [0.1, 0.15) is 29.7 Å². The van der Waals surface area contributed by atoms with Crippen molar-refractivity contribution in [3.63, 3.8) is 0 Å². The number of ether oxygens (including phenoxy) is 2. The monoisotopic (exact) mass is 305 g/mol. The summed E-state index contributed by atoms with van der Waals surface area (Å²) in [6, 6.07) is 11.4. The number of rotatable bonds is 5. The smallest absolute Gasteiger partial charge is 0.125 e. The molecule has 2 rings (SSSR count). The van der Waals surface area contributed by atoms with Gasteiger partial charge in [0.05, 0.1) is 7.11 Å². The SMILES string of the molecule is COc1ccc(C)cc1COc1ccc(Cl)cc1[C@@H](C)N. The van der Waals surface area contributed by atoms with E-state index in [2.05, 4.69) is 6.07 Å². The van der Waals surface area contributed by atoms with Crippen LogP contribution in [0.25, 0.3) is 0 Å². The first kappa shape index (κ1) is 15.7. The lowest BCUT2D eigenvalue weighted by Gasteiger charge is -2.16. The van der Waals surface area contributed by atoms with E-state index in [0.717, 1.165) is 28.2 Å². The van der Waals surface area contributed by atoms with Crippen LogP contribution < -0.4 is 15.2 Å². The van der Waals surface area contributed by atoms with Gasteiger partial charge in [-0.15, -0.1) is 0 Å². The number of benzene rings is 2. The van der Waals surface area contributed by atoms with Gasteiger partial charge >= 0.3 is 0 Å². The Bertz CT molecular complexity index is 626. The maximum atomic E-state index is 6.02. The first-order valence-corrected chi connectivity index (χ1v) is 7.20. The van der Waals surface area contributed by atoms with Crippen molar-refractivity contribution in [1.82, 2.24) is 0 Å². The van der Waals surface area contributed by atoms with Crippen LogP contribution in [-0.2, 0) is 6.61 Å². The van der Waals surface area contributed by atoms with Crippen molar-refractivity contribution < 1.29 is 9.47 Å². The number of hydrogen-bond acceptors (Lipinski definition) is 3. The molecule has 0 fully saturated rings. The molecule has 0 saturated carbocycles. The van der Waals surface area contributed by atoms with Crippen LogP contribution in [0.2, 0.25) is 5.02 Å². The van der Waals surface area contributed by atoms with Crippen LogP contribution in [0.15, 0.2) is 36.4 Å². The molecule has 0 heterocycles. The zero-order valence-corrected chi connectivity index (χ0v) is 13.3. The van der Waals surface area contributed by atoms with Crippen LogP contribution in [0.4, 0.5) is 0 Å². The van der Waals surface area contributed by atoms with E-state index in [1.165, 1.54) is 0 Å². The predicted octanol–water partition coefficient (Wildman–Crippen LogP) is 4.26. The van der Waals surface area contributed by atoms with Gasteiger partial charge in [-0.3, -0.25) is 0 Å². The van der Waals surface area contributed by atoms with Gasteiger partial charge in [0.1, 0.15) is 18.1 Å². The van der Waals surface area contributed by atoms with Gasteiger partial charge in [0.2, 0.25) is 0 Å². The second kappa shape index (κ2) is 6.83. The summed E-state index contributed by atoms with van der Waals surface area (Å²) in [6.07, 6.45) is 0. The van der Waals surface area contributed by atoms with Gasteiger partial charge in [-0.1, -0.05) is 23.2 Å². The zero-order valence-electron chi connectivity index (χ0n) is 12.5. The third-order valence-corrected chi connectivity index (χ3v) is 3.52. The molecule has 112 valence electrons. The Morgan fingerprint density at radius 3 is 2.52 bits per heavy atom. The van der Waals surface area contributed by atoms with Gasteiger partial charge in [0.15, 0.2) is 0 Å². The quantitative estimate of drug-likeness (QED) is 0.898. The molecule has 0 aromatic heterocycles. The molecule has 0 aliphatic rings. The van der Waals surface area contributed by atoms with E-state index < -0.39 is 0 Å². The van der Waals surface area contributed by atoms with Gasteiger partial charge in [0, 0.05) is 22.2 Å². The average Bonchev–Trinajstić information content (AvgIpc) is 2.46. The molecule has 2 N–H and O–H groups in total. The van der Waals surface area contributed by atoms with Crippen molar-refractivity contribution in [3.8, 4) is 11.5 Å². The summed E-state index contributed by atoms with van der Waals surface area (Å²) in [5.74, 6) is 1.56. The molecule has 0 aliphatic heterocycles. The molecule has 0 saturated heterocycles. The number of nitrogens with two attached hydrogens (primary N) is 1. The van der Waals surface area contributed by atoms with Gasteiger partial charge in [0.25, 0.3) is 0 Å². The fourth-order valence-electron chi connectivity index (χ4n) is 2.18. The summed E-state index contributed by atoms with van der Waals surface area (Å²) in [5, 5.41) is 0.655. The number of aryl methyl sites for hydroxylation is 1. The largest absolute Gasteiger partial charge is 0.496 e. The van der Waals surface area contributed by atoms with Gasteiger partial charge in [-0.2, -0.15) is 0 Å². The zero-order chi connectivity index (χ0) is 15.4. The van der Waals surface area contributed by atoms with E-state index in [-0.39, 0.29) is 6.04 Å². The fraction of sp³-hybridized carbons (Fsp3) is 0.294. The molecule has 4 heteroatoms. The molecule has 0 radical (unpaired) electrons. The highest BCUT2D eigenvalue weighted by Crippen LogP contribution is 2.29. The van der Waals surface area contributed by atoms with Gasteiger partial charge < -0.3 is 15.2 Å². The molecule has 0 spiro atoms. The molecule has 0 bridgehead atoms. The first-order valence-electron chi connectivity index (χ1n) is 6.82. The highest BCUT2D eigenvalue weighted by molar-refractivity contribution is 6.30. The number of methoxy groups -OCH3 is 1. The molecular formula is C17H20ClNO2. The lowest BCUT2D eigenvalue weighted by molar-refractivity contribution is 0.292. The molecule has 0 unspecified atom stereocenters. The van der Waals surface area contributed by atoms with E-state index in [4.69, 9.17) is 26.8 Å². The van der Waals surface area contributed by atoms with Crippen molar-refractivity contribution in [3.05, 3.63) is 58.1 Å². The van der Waals surface area contributed by atoms with Crippen molar-refractivity contribution in [2.45, 2.75) is 26.5 Å². The summed E-state index contributed by atoms with van der Waals surface area (Å²) in [6.45, 7) is 4.37. The number of hydrogen-bond donors (Lipinski definition) is 1. The Morgan fingerprint density at radius 1 is 1.14 bits per heavy atom. The summed E-state index contributed by atoms with van der Waals surface area (Å²) in [5.41, 5.74) is 9.03. The Morgan fingerprint density at radius 2 is 1.86 bits per heavy atom. The Hall–Kier alpha value is -1.71. The van der Waals surface area contributed by atoms with Gasteiger partial charge in [-0.05, 0) is 44.2 Å². The summed E-state index contributed by atoms with van der Waals surface area (Å²) in [4.78, 5) is 0. The normalized spacial score (nSPS) is 12.0. The lowest BCUT2D eigenvalue weighted by atomic mass is 10.1. The number of halogens is 1. The van der Waals surface area contributed by atoms with Gasteiger partial charge in [-0.25, -0.2) is 0 Å². The maximum absolute atomic E-state index is 6.02. The highest BCUT2D eigenvalue weighted by atomic mass is 35.5. The van der Waals surface area contributed by atoms with E-state index in [0.29, 0.717) is 11.6 Å². The highest BCUT2D eigenvalue weighted by Gasteiger charge is 2.11. The van der Waals surface area contributed by atoms with Crippen LogP contribution in [0.5, 0.6) is 11.5 Å². The van der Waals surface area contributed by atoms with Crippen molar-refractivity contribution in [1.29, 1.82) is 0 Å². The molecule has 21 heavy (non-hydrogen) atoms. The Balaban J connectivity index is 2.22.